The second kappa shape index (κ2) is 8.80. The zero-order valence-electron chi connectivity index (χ0n) is 11.3. The summed E-state index contributed by atoms with van der Waals surface area (Å²) < 4.78 is 1.38. The molecule has 0 fully saturated rings. The zero-order chi connectivity index (χ0) is 12.8. The van der Waals surface area contributed by atoms with Crippen molar-refractivity contribution in [2.45, 2.75) is 26.3 Å². The van der Waals surface area contributed by atoms with Crippen LogP contribution in [0.5, 0.6) is 0 Å². The summed E-state index contributed by atoms with van der Waals surface area (Å²) in [7, 11) is 0. The summed E-state index contributed by atoms with van der Waals surface area (Å²) in [5.74, 6) is 0.714. The van der Waals surface area contributed by atoms with Crippen LogP contribution < -0.4 is 0 Å². The number of fused-ring (bicyclic) bond motifs is 1. The highest BCUT2D eigenvalue weighted by Gasteiger charge is 2.09. The third-order valence-corrected chi connectivity index (χ3v) is 4.37. The normalized spacial score (nSPS) is 10.9. The van der Waals surface area contributed by atoms with Crippen molar-refractivity contribution in [2.24, 2.45) is 0 Å². The summed E-state index contributed by atoms with van der Waals surface area (Å²) in [4.78, 5) is 2.46. The van der Waals surface area contributed by atoms with Crippen LogP contribution in [0.2, 0.25) is 0 Å². The van der Waals surface area contributed by atoms with Crippen LogP contribution in [0.15, 0.2) is 29.6 Å². The highest BCUT2D eigenvalue weighted by molar-refractivity contribution is 7.17. The second-order valence-electron chi connectivity index (χ2n) is 4.58. The lowest BCUT2D eigenvalue weighted by Gasteiger charge is -2.20. The van der Waals surface area contributed by atoms with Crippen molar-refractivity contribution in [1.82, 2.24) is 4.90 Å². The highest BCUT2D eigenvalue weighted by atomic mass is 35.5. The highest BCUT2D eigenvalue weighted by Crippen LogP contribution is 2.26. The Hall–Kier alpha value is -0.280. The standard InChI is InChI=1S/C15H20ClNS.ClH/c1-2-3-9-17(10-8-16)11-13-12-18-15-7-5-4-6-14(13)15;/h4-7,12H,2-3,8-11H2,1H3;1H. The number of rotatable bonds is 7. The molecular weight excluding hydrogens is 297 g/mol. The van der Waals surface area contributed by atoms with Gasteiger partial charge in [0.05, 0.1) is 0 Å². The van der Waals surface area contributed by atoms with E-state index >= 15 is 0 Å². The van der Waals surface area contributed by atoms with Gasteiger partial charge in [-0.05, 0) is 35.4 Å². The molecule has 1 aromatic carbocycles. The van der Waals surface area contributed by atoms with E-state index in [1.807, 2.05) is 11.3 Å². The van der Waals surface area contributed by atoms with Crippen molar-refractivity contribution in [3.8, 4) is 0 Å². The molecule has 1 heterocycles. The maximum atomic E-state index is 5.89. The third-order valence-electron chi connectivity index (χ3n) is 3.18. The fraction of sp³-hybridized carbons (Fsp3) is 0.467. The number of hydrogen-bond donors (Lipinski definition) is 0. The predicted molar refractivity (Wildman–Crippen MR) is 90.0 cm³/mol. The fourth-order valence-electron chi connectivity index (χ4n) is 2.17. The molecule has 0 atom stereocenters. The van der Waals surface area contributed by atoms with E-state index in [2.05, 4.69) is 41.5 Å². The van der Waals surface area contributed by atoms with E-state index in [-0.39, 0.29) is 12.4 Å². The Morgan fingerprint density at radius 2 is 2.00 bits per heavy atom. The quantitative estimate of drug-likeness (QED) is 0.637. The summed E-state index contributed by atoms with van der Waals surface area (Å²) in [6.45, 7) is 5.38. The van der Waals surface area contributed by atoms with Crippen molar-refractivity contribution in [1.29, 1.82) is 0 Å². The molecule has 106 valence electrons. The van der Waals surface area contributed by atoms with E-state index in [0.29, 0.717) is 5.88 Å². The van der Waals surface area contributed by atoms with Crippen LogP contribution >= 0.6 is 35.3 Å². The van der Waals surface area contributed by atoms with Crippen molar-refractivity contribution < 1.29 is 0 Å². The van der Waals surface area contributed by atoms with Crippen LogP contribution in [0.3, 0.4) is 0 Å². The lowest BCUT2D eigenvalue weighted by molar-refractivity contribution is 0.278. The van der Waals surface area contributed by atoms with E-state index in [1.165, 1.54) is 28.5 Å². The lowest BCUT2D eigenvalue weighted by atomic mass is 10.1. The van der Waals surface area contributed by atoms with E-state index in [1.54, 1.807) is 0 Å². The number of halogens is 2. The van der Waals surface area contributed by atoms with Crippen molar-refractivity contribution in [2.75, 3.05) is 19.0 Å². The van der Waals surface area contributed by atoms with Gasteiger partial charge in [0.2, 0.25) is 0 Å². The van der Waals surface area contributed by atoms with Crippen LogP contribution in [-0.2, 0) is 6.54 Å². The van der Waals surface area contributed by atoms with Crippen molar-refractivity contribution in [3.63, 3.8) is 0 Å². The van der Waals surface area contributed by atoms with Gasteiger partial charge in [0, 0.05) is 23.7 Å². The Morgan fingerprint density at radius 1 is 1.21 bits per heavy atom. The van der Waals surface area contributed by atoms with Gasteiger partial charge in [0.25, 0.3) is 0 Å². The molecule has 2 rings (SSSR count). The molecule has 0 aliphatic rings. The Bertz CT molecular complexity index is 484. The molecule has 1 aromatic heterocycles. The third kappa shape index (κ3) is 4.64. The lowest BCUT2D eigenvalue weighted by Crippen LogP contribution is -2.26. The minimum atomic E-state index is 0. The largest absolute Gasteiger partial charge is 0.298 e. The summed E-state index contributed by atoms with van der Waals surface area (Å²) in [5, 5.41) is 3.69. The second-order valence-corrected chi connectivity index (χ2v) is 5.86. The Morgan fingerprint density at radius 3 is 2.74 bits per heavy atom. The maximum Gasteiger partial charge on any atom is 0.0351 e. The minimum absolute atomic E-state index is 0. The van der Waals surface area contributed by atoms with E-state index < -0.39 is 0 Å². The number of alkyl halides is 1. The first-order chi connectivity index (χ1) is 8.85. The molecule has 4 heteroatoms. The molecule has 0 unspecified atom stereocenters. The molecule has 0 N–H and O–H groups in total. The maximum absolute atomic E-state index is 5.89. The minimum Gasteiger partial charge on any atom is -0.298 e. The van der Waals surface area contributed by atoms with Gasteiger partial charge in [-0.2, -0.15) is 0 Å². The molecule has 0 spiro atoms. The molecular formula is C15H21Cl2NS. The summed E-state index contributed by atoms with van der Waals surface area (Å²) >= 11 is 7.73. The molecule has 0 bridgehead atoms. The van der Waals surface area contributed by atoms with Crippen LogP contribution in [0.4, 0.5) is 0 Å². The van der Waals surface area contributed by atoms with E-state index in [4.69, 9.17) is 11.6 Å². The molecule has 0 aliphatic heterocycles. The summed E-state index contributed by atoms with van der Waals surface area (Å²) in [5.41, 5.74) is 1.44. The van der Waals surface area contributed by atoms with Gasteiger partial charge >= 0.3 is 0 Å². The first-order valence-corrected chi connectivity index (χ1v) is 8.00. The van der Waals surface area contributed by atoms with Gasteiger partial charge in [-0.3, -0.25) is 4.90 Å². The van der Waals surface area contributed by atoms with Crippen molar-refractivity contribution >= 4 is 45.4 Å². The number of benzene rings is 1. The van der Waals surface area contributed by atoms with Gasteiger partial charge in [0.1, 0.15) is 0 Å². The average Bonchev–Trinajstić information content (AvgIpc) is 2.80. The molecule has 2 aromatic rings. The molecule has 0 saturated heterocycles. The number of thiophene rings is 1. The predicted octanol–water partition coefficient (Wildman–Crippen LogP) is 5.16. The molecule has 0 saturated carbocycles. The van der Waals surface area contributed by atoms with Crippen LogP contribution in [0.25, 0.3) is 10.1 Å². The first kappa shape index (κ1) is 16.8. The van der Waals surface area contributed by atoms with Crippen LogP contribution in [-0.4, -0.2) is 23.9 Å². The number of hydrogen-bond acceptors (Lipinski definition) is 2. The van der Waals surface area contributed by atoms with Gasteiger partial charge in [0.15, 0.2) is 0 Å². The topological polar surface area (TPSA) is 3.24 Å². The SMILES string of the molecule is CCCCN(CCCl)Cc1csc2ccccc12.Cl. The average molecular weight is 318 g/mol. The van der Waals surface area contributed by atoms with E-state index in [0.717, 1.165) is 19.6 Å². The first-order valence-electron chi connectivity index (χ1n) is 6.58. The number of nitrogens with zero attached hydrogens (tertiary/aromatic N) is 1. The van der Waals surface area contributed by atoms with Gasteiger partial charge < -0.3 is 0 Å². The van der Waals surface area contributed by atoms with Crippen molar-refractivity contribution in [3.05, 3.63) is 35.2 Å². The van der Waals surface area contributed by atoms with Gasteiger partial charge in [-0.1, -0.05) is 31.5 Å². The fourth-order valence-corrected chi connectivity index (χ4v) is 3.36. The Balaban J connectivity index is 0.00000180. The van der Waals surface area contributed by atoms with Crippen LogP contribution in [0.1, 0.15) is 25.3 Å². The number of unbranched alkanes of at least 4 members (excludes halogenated alkanes) is 1. The summed E-state index contributed by atoms with van der Waals surface area (Å²) in [6.07, 6.45) is 2.49. The van der Waals surface area contributed by atoms with Gasteiger partial charge in [-0.15, -0.1) is 35.3 Å². The Kier molecular flexibility index (Phi) is 7.77. The monoisotopic (exact) mass is 317 g/mol. The Labute approximate surface area is 131 Å². The zero-order valence-corrected chi connectivity index (χ0v) is 13.7. The van der Waals surface area contributed by atoms with Gasteiger partial charge in [-0.25, -0.2) is 0 Å². The summed E-state index contributed by atoms with van der Waals surface area (Å²) in [6, 6.07) is 8.65. The smallest absolute Gasteiger partial charge is 0.0351 e. The molecule has 0 amide bonds. The molecule has 0 radical (unpaired) electrons. The molecule has 0 aliphatic carbocycles. The van der Waals surface area contributed by atoms with E-state index in [9.17, 15) is 0 Å². The van der Waals surface area contributed by atoms with Crippen LogP contribution in [0, 0.1) is 0 Å². The molecule has 1 nitrogen and oxygen atoms in total. The molecule has 19 heavy (non-hydrogen) atoms.